The van der Waals surface area contributed by atoms with Crippen LogP contribution in [0.15, 0.2) is 30.0 Å². The molecule has 2 aliphatic rings. The molecule has 7 nitrogen and oxygen atoms in total. The maximum atomic E-state index is 12.7. The topological polar surface area (TPSA) is 83.5 Å². The first-order valence-corrected chi connectivity index (χ1v) is 9.86. The summed E-state index contributed by atoms with van der Waals surface area (Å²) in [6, 6.07) is 2.81. The molecule has 3 rings (SSSR count). The summed E-state index contributed by atoms with van der Waals surface area (Å²) in [5, 5.41) is 7.61. The Morgan fingerprint density at radius 1 is 1.29 bits per heavy atom. The van der Waals surface area contributed by atoms with Gasteiger partial charge < -0.3 is 4.90 Å². The van der Waals surface area contributed by atoms with Crippen molar-refractivity contribution >= 4 is 15.7 Å². The maximum absolute atomic E-state index is 12.7. The zero-order chi connectivity index (χ0) is 17.3. The highest BCUT2D eigenvalue weighted by atomic mass is 32.2. The van der Waals surface area contributed by atoms with Crippen LogP contribution in [0, 0.1) is 0 Å². The number of carbonyl (C=O) groups is 1. The second-order valence-electron chi connectivity index (χ2n) is 6.60. The van der Waals surface area contributed by atoms with Crippen LogP contribution in [0.1, 0.15) is 24.3 Å². The summed E-state index contributed by atoms with van der Waals surface area (Å²) in [5.74, 6) is -0.106. The van der Waals surface area contributed by atoms with Gasteiger partial charge in [0.15, 0.2) is 15.5 Å². The number of aromatic nitrogens is 2. The molecule has 0 spiro atoms. The Bertz CT molecular complexity index is 744. The molecule has 0 saturated carbocycles. The number of sulfone groups is 1. The molecule has 2 atom stereocenters. The minimum Gasteiger partial charge on any atom is -0.330 e. The van der Waals surface area contributed by atoms with Crippen molar-refractivity contribution in [1.29, 1.82) is 0 Å². The molecule has 2 fully saturated rings. The number of nitrogens with zero attached hydrogens (tertiary/aromatic N) is 4. The lowest BCUT2D eigenvalue weighted by molar-refractivity contribution is 0.0362. The van der Waals surface area contributed by atoms with E-state index in [9.17, 15) is 13.2 Å². The monoisotopic (exact) mass is 350 g/mol. The molecule has 2 unspecified atom stereocenters. The number of fused-ring (bicyclic) bond motifs is 1. The van der Waals surface area contributed by atoms with Crippen molar-refractivity contribution in [3.05, 3.63) is 35.7 Å². The van der Waals surface area contributed by atoms with E-state index in [4.69, 9.17) is 0 Å². The molecule has 0 bridgehead atoms. The fraction of sp³-hybridized carbons (Fsp3) is 0.562. The first-order valence-electron chi connectivity index (χ1n) is 8.04. The minimum absolute atomic E-state index is 0.0228. The van der Waals surface area contributed by atoms with Crippen molar-refractivity contribution in [3.8, 4) is 0 Å². The highest BCUT2D eigenvalue weighted by Crippen LogP contribution is 2.28. The Balaban J connectivity index is 1.84. The number of rotatable bonds is 3. The third-order valence-corrected chi connectivity index (χ3v) is 6.28. The molecule has 2 saturated heterocycles. The van der Waals surface area contributed by atoms with Crippen LogP contribution in [-0.2, 0) is 9.84 Å². The van der Waals surface area contributed by atoms with Gasteiger partial charge in [0.25, 0.3) is 5.91 Å². The van der Waals surface area contributed by atoms with Crippen molar-refractivity contribution in [1.82, 2.24) is 20.0 Å². The lowest BCUT2D eigenvalue weighted by Crippen LogP contribution is -2.60. The molecule has 2 aliphatic heterocycles. The number of piperazine rings is 1. The molecule has 8 heteroatoms. The van der Waals surface area contributed by atoms with Gasteiger partial charge in [0.2, 0.25) is 0 Å². The Hall–Kier alpha value is -1.80. The Labute approximate surface area is 142 Å². The van der Waals surface area contributed by atoms with E-state index in [0.717, 1.165) is 0 Å². The van der Waals surface area contributed by atoms with E-state index >= 15 is 0 Å². The highest BCUT2D eigenvalue weighted by Gasteiger charge is 2.48. The zero-order valence-corrected chi connectivity index (χ0v) is 14.7. The molecule has 0 aliphatic carbocycles. The molecule has 3 heterocycles. The molecule has 1 aromatic heterocycles. The van der Waals surface area contributed by atoms with Gasteiger partial charge in [-0.05, 0) is 26.0 Å². The van der Waals surface area contributed by atoms with Gasteiger partial charge in [-0.25, -0.2) is 8.42 Å². The molecule has 0 N–H and O–H groups in total. The quantitative estimate of drug-likeness (QED) is 0.732. The van der Waals surface area contributed by atoms with E-state index in [-0.39, 0.29) is 35.2 Å². The summed E-state index contributed by atoms with van der Waals surface area (Å²) in [5.41, 5.74) is 1.46. The van der Waals surface area contributed by atoms with Crippen LogP contribution in [0.4, 0.5) is 0 Å². The molecule has 24 heavy (non-hydrogen) atoms. The fourth-order valence-corrected chi connectivity index (χ4v) is 5.38. The molecule has 0 aromatic carbocycles. The smallest absolute Gasteiger partial charge is 0.274 e. The van der Waals surface area contributed by atoms with Gasteiger partial charge in [0.1, 0.15) is 0 Å². The fourth-order valence-electron chi connectivity index (χ4n) is 3.37. The second-order valence-corrected chi connectivity index (χ2v) is 8.75. The summed E-state index contributed by atoms with van der Waals surface area (Å²) in [6.45, 7) is 5.93. The van der Waals surface area contributed by atoms with Gasteiger partial charge in [0.05, 0.1) is 17.5 Å². The van der Waals surface area contributed by atoms with Crippen molar-refractivity contribution in [2.45, 2.75) is 25.9 Å². The van der Waals surface area contributed by atoms with E-state index < -0.39 is 9.84 Å². The highest BCUT2D eigenvalue weighted by molar-refractivity contribution is 7.91. The first kappa shape index (κ1) is 17.0. The Morgan fingerprint density at radius 2 is 2.04 bits per heavy atom. The SMILES string of the molecule is CC(C)=CCN1CCN(C(=O)c2cccnn2)C2CS(=O)(=O)CC21. The average Bonchev–Trinajstić information content (AvgIpc) is 2.87. The summed E-state index contributed by atoms with van der Waals surface area (Å²) in [7, 11) is -3.14. The van der Waals surface area contributed by atoms with Gasteiger partial charge in [-0.3, -0.25) is 9.69 Å². The molecular formula is C16H22N4O3S. The van der Waals surface area contributed by atoms with E-state index in [1.165, 1.54) is 11.8 Å². The lowest BCUT2D eigenvalue weighted by atomic mass is 10.0. The van der Waals surface area contributed by atoms with Crippen molar-refractivity contribution < 1.29 is 13.2 Å². The second kappa shape index (κ2) is 6.60. The lowest BCUT2D eigenvalue weighted by Gasteiger charge is -2.43. The van der Waals surface area contributed by atoms with Crippen molar-refractivity contribution in [3.63, 3.8) is 0 Å². The van der Waals surface area contributed by atoms with E-state index in [1.54, 1.807) is 17.0 Å². The van der Waals surface area contributed by atoms with Crippen LogP contribution in [0.25, 0.3) is 0 Å². The van der Waals surface area contributed by atoms with Crippen LogP contribution >= 0.6 is 0 Å². The van der Waals surface area contributed by atoms with Crippen LogP contribution in [-0.4, -0.2) is 77.5 Å². The van der Waals surface area contributed by atoms with Crippen LogP contribution in [0.5, 0.6) is 0 Å². The number of amides is 1. The maximum Gasteiger partial charge on any atom is 0.274 e. The summed E-state index contributed by atoms with van der Waals surface area (Å²) < 4.78 is 24.4. The van der Waals surface area contributed by atoms with Crippen LogP contribution in [0.3, 0.4) is 0 Å². The van der Waals surface area contributed by atoms with Crippen LogP contribution in [0.2, 0.25) is 0 Å². The van der Waals surface area contributed by atoms with Gasteiger partial charge in [-0.1, -0.05) is 11.6 Å². The summed E-state index contributed by atoms with van der Waals surface area (Å²) in [6.07, 6.45) is 3.61. The molecule has 0 radical (unpaired) electrons. The standard InChI is InChI=1S/C16H22N4O3S/c1-12(2)5-7-19-8-9-20(15-11-24(22,23)10-14(15)19)16(21)13-4-3-6-17-18-13/h3-6,14-15H,7-11H2,1-2H3. The summed E-state index contributed by atoms with van der Waals surface area (Å²) in [4.78, 5) is 16.6. The molecular weight excluding hydrogens is 328 g/mol. The Kier molecular flexibility index (Phi) is 4.69. The first-order chi connectivity index (χ1) is 11.4. The molecule has 1 aromatic rings. The van der Waals surface area contributed by atoms with Gasteiger partial charge >= 0.3 is 0 Å². The van der Waals surface area contributed by atoms with Gasteiger partial charge in [0, 0.05) is 31.9 Å². The predicted octanol–water partition coefficient (Wildman–Crippen LogP) is 0.366. The van der Waals surface area contributed by atoms with E-state index in [2.05, 4.69) is 21.2 Å². The Morgan fingerprint density at radius 3 is 2.71 bits per heavy atom. The molecule has 130 valence electrons. The van der Waals surface area contributed by atoms with E-state index in [0.29, 0.717) is 19.6 Å². The largest absolute Gasteiger partial charge is 0.330 e. The average molecular weight is 350 g/mol. The predicted molar refractivity (Wildman–Crippen MR) is 90.3 cm³/mol. The van der Waals surface area contributed by atoms with Gasteiger partial charge in [-0.2, -0.15) is 5.10 Å². The molecule has 1 amide bonds. The van der Waals surface area contributed by atoms with Crippen LogP contribution < -0.4 is 0 Å². The number of carbonyl (C=O) groups excluding carboxylic acids is 1. The van der Waals surface area contributed by atoms with E-state index in [1.807, 2.05) is 13.8 Å². The number of hydrogen-bond acceptors (Lipinski definition) is 6. The minimum atomic E-state index is -3.14. The van der Waals surface area contributed by atoms with Crippen molar-refractivity contribution in [2.75, 3.05) is 31.1 Å². The van der Waals surface area contributed by atoms with Crippen molar-refractivity contribution in [2.24, 2.45) is 0 Å². The number of hydrogen-bond donors (Lipinski definition) is 0. The summed E-state index contributed by atoms with van der Waals surface area (Å²) >= 11 is 0. The normalized spacial score (nSPS) is 26.0. The zero-order valence-electron chi connectivity index (χ0n) is 13.9. The third kappa shape index (κ3) is 3.49. The van der Waals surface area contributed by atoms with Gasteiger partial charge in [-0.15, -0.1) is 5.10 Å². The number of allylic oxidation sites excluding steroid dienone is 1. The third-order valence-electron chi connectivity index (χ3n) is 4.58.